The third kappa shape index (κ3) is 4.97. The summed E-state index contributed by atoms with van der Waals surface area (Å²) in [6, 6.07) is 23.6. The number of amides is 1. The van der Waals surface area contributed by atoms with Gasteiger partial charge in [-0.2, -0.15) is 0 Å². The second kappa shape index (κ2) is 9.92. The van der Waals surface area contributed by atoms with Crippen molar-refractivity contribution in [2.24, 2.45) is 0 Å². The summed E-state index contributed by atoms with van der Waals surface area (Å²) in [6.07, 6.45) is 1.96. The molecule has 4 rings (SSSR count). The molecule has 1 saturated heterocycles. The minimum Gasteiger partial charge on any atom is -0.497 e. The maximum atomic E-state index is 13.6. The molecule has 1 amide bonds. The highest BCUT2D eigenvalue weighted by Gasteiger charge is 2.25. The van der Waals surface area contributed by atoms with Gasteiger partial charge in [0.2, 0.25) is 0 Å². The van der Waals surface area contributed by atoms with Gasteiger partial charge in [0.25, 0.3) is 5.91 Å². The molecular weight excluding hydrogens is 420 g/mol. The van der Waals surface area contributed by atoms with E-state index in [1.165, 1.54) is 5.56 Å². The Morgan fingerprint density at radius 2 is 1.62 bits per heavy atom. The van der Waals surface area contributed by atoms with Gasteiger partial charge in [-0.1, -0.05) is 60.1 Å². The van der Waals surface area contributed by atoms with Gasteiger partial charge < -0.3 is 14.5 Å². The van der Waals surface area contributed by atoms with Crippen molar-refractivity contribution < 1.29 is 9.53 Å². The molecular formula is C27H27ClN2O2. The van der Waals surface area contributed by atoms with Crippen LogP contribution >= 0.6 is 11.6 Å². The van der Waals surface area contributed by atoms with Crippen molar-refractivity contribution in [3.8, 4) is 5.75 Å². The van der Waals surface area contributed by atoms with Gasteiger partial charge in [0.05, 0.1) is 7.11 Å². The SMILES string of the molecule is COc1ccc(/C=C(/C(=O)N2CCN(c3cc(Cl)ccc3C)CC2)c2ccccc2)cc1. The lowest BCUT2D eigenvalue weighted by Gasteiger charge is -2.37. The molecule has 0 aromatic heterocycles. The van der Waals surface area contributed by atoms with Crippen LogP contribution in [-0.4, -0.2) is 44.1 Å². The molecule has 0 atom stereocenters. The average Bonchev–Trinajstić information content (AvgIpc) is 2.84. The van der Waals surface area contributed by atoms with Crippen molar-refractivity contribution in [3.05, 3.63) is 94.5 Å². The summed E-state index contributed by atoms with van der Waals surface area (Å²) in [4.78, 5) is 17.8. The molecule has 1 aliphatic rings. The lowest BCUT2D eigenvalue weighted by molar-refractivity contribution is -0.125. The Morgan fingerprint density at radius 1 is 0.938 bits per heavy atom. The van der Waals surface area contributed by atoms with E-state index in [9.17, 15) is 4.79 Å². The Morgan fingerprint density at radius 3 is 2.28 bits per heavy atom. The van der Waals surface area contributed by atoms with Crippen LogP contribution in [0, 0.1) is 6.92 Å². The number of rotatable bonds is 5. The predicted octanol–water partition coefficient (Wildman–Crippen LogP) is 5.55. The first-order chi connectivity index (χ1) is 15.5. The Kier molecular flexibility index (Phi) is 6.81. The van der Waals surface area contributed by atoms with Crippen LogP contribution in [0.25, 0.3) is 11.6 Å². The monoisotopic (exact) mass is 446 g/mol. The number of piperazine rings is 1. The fourth-order valence-corrected chi connectivity index (χ4v) is 4.16. The second-order valence-electron chi connectivity index (χ2n) is 7.91. The highest BCUT2D eigenvalue weighted by atomic mass is 35.5. The van der Waals surface area contributed by atoms with E-state index in [-0.39, 0.29) is 5.91 Å². The first-order valence-electron chi connectivity index (χ1n) is 10.8. The smallest absolute Gasteiger partial charge is 0.254 e. The van der Waals surface area contributed by atoms with Crippen LogP contribution in [-0.2, 0) is 4.79 Å². The van der Waals surface area contributed by atoms with Gasteiger partial charge >= 0.3 is 0 Å². The summed E-state index contributed by atoms with van der Waals surface area (Å²) in [5.41, 5.74) is 4.91. The van der Waals surface area contributed by atoms with Crippen LogP contribution in [0.1, 0.15) is 16.7 Å². The molecule has 0 spiro atoms. The van der Waals surface area contributed by atoms with Crippen molar-refractivity contribution in [3.63, 3.8) is 0 Å². The topological polar surface area (TPSA) is 32.8 Å². The second-order valence-corrected chi connectivity index (χ2v) is 8.34. The maximum absolute atomic E-state index is 13.6. The number of ether oxygens (including phenoxy) is 1. The molecule has 4 nitrogen and oxygen atoms in total. The molecule has 32 heavy (non-hydrogen) atoms. The normalized spacial score (nSPS) is 14.4. The van der Waals surface area contributed by atoms with Crippen LogP contribution in [0.15, 0.2) is 72.8 Å². The number of hydrogen-bond acceptors (Lipinski definition) is 3. The number of hydrogen-bond donors (Lipinski definition) is 0. The summed E-state index contributed by atoms with van der Waals surface area (Å²) in [5.74, 6) is 0.844. The molecule has 0 saturated carbocycles. The molecule has 0 aliphatic carbocycles. The lowest BCUT2D eigenvalue weighted by atomic mass is 10.0. The lowest BCUT2D eigenvalue weighted by Crippen LogP contribution is -2.49. The molecule has 1 aliphatic heterocycles. The van der Waals surface area contributed by atoms with Gasteiger partial charge in [0.15, 0.2) is 0 Å². The third-order valence-electron chi connectivity index (χ3n) is 5.82. The van der Waals surface area contributed by atoms with Gasteiger partial charge in [-0.05, 0) is 54.0 Å². The minimum absolute atomic E-state index is 0.0504. The van der Waals surface area contributed by atoms with E-state index in [0.717, 1.165) is 40.7 Å². The average molecular weight is 447 g/mol. The van der Waals surface area contributed by atoms with Crippen LogP contribution < -0.4 is 9.64 Å². The Bertz CT molecular complexity index is 1100. The quantitative estimate of drug-likeness (QED) is 0.380. The van der Waals surface area contributed by atoms with Crippen molar-refractivity contribution in [2.75, 3.05) is 38.2 Å². The Hall–Kier alpha value is -3.24. The molecule has 164 valence electrons. The molecule has 1 fully saturated rings. The first kappa shape index (κ1) is 22.0. The largest absolute Gasteiger partial charge is 0.497 e. The molecule has 0 unspecified atom stereocenters. The standard InChI is InChI=1S/C27H27ClN2O2/c1-20-8-11-23(28)19-26(20)29-14-16-30(17-15-29)27(31)25(22-6-4-3-5-7-22)18-21-9-12-24(32-2)13-10-21/h3-13,18-19H,14-17H2,1-2H3/b25-18+. The summed E-state index contributed by atoms with van der Waals surface area (Å²) in [5, 5.41) is 0.734. The number of carbonyl (C=O) groups is 1. The van der Waals surface area contributed by atoms with Crippen molar-refractivity contribution >= 4 is 34.8 Å². The van der Waals surface area contributed by atoms with Gasteiger partial charge in [-0.3, -0.25) is 4.79 Å². The van der Waals surface area contributed by atoms with E-state index in [1.807, 2.05) is 83.8 Å². The number of anilines is 1. The number of carbonyl (C=O) groups excluding carboxylic acids is 1. The third-order valence-corrected chi connectivity index (χ3v) is 6.06. The van der Waals surface area contributed by atoms with Crippen molar-refractivity contribution in [1.29, 1.82) is 0 Å². The number of methoxy groups -OCH3 is 1. The zero-order chi connectivity index (χ0) is 22.5. The molecule has 1 heterocycles. The fourth-order valence-electron chi connectivity index (χ4n) is 4.00. The summed E-state index contributed by atoms with van der Waals surface area (Å²) < 4.78 is 5.25. The van der Waals surface area contributed by atoms with E-state index in [1.54, 1.807) is 7.11 Å². The van der Waals surface area contributed by atoms with E-state index < -0.39 is 0 Å². The zero-order valence-corrected chi connectivity index (χ0v) is 19.2. The van der Waals surface area contributed by atoms with Crippen LogP contribution in [0.4, 0.5) is 5.69 Å². The predicted molar refractivity (Wildman–Crippen MR) is 132 cm³/mol. The summed E-state index contributed by atoms with van der Waals surface area (Å²) >= 11 is 6.21. The van der Waals surface area contributed by atoms with Crippen molar-refractivity contribution in [2.45, 2.75) is 6.92 Å². The summed E-state index contributed by atoms with van der Waals surface area (Å²) in [6.45, 7) is 4.97. The number of benzene rings is 3. The van der Waals surface area contributed by atoms with E-state index >= 15 is 0 Å². The highest BCUT2D eigenvalue weighted by molar-refractivity contribution is 6.30. The minimum atomic E-state index is 0.0504. The van der Waals surface area contributed by atoms with Crippen LogP contribution in [0.2, 0.25) is 5.02 Å². The molecule has 5 heteroatoms. The first-order valence-corrected chi connectivity index (χ1v) is 11.1. The Labute approximate surface area is 194 Å². The highest BCUT2D eigenvalue weighted by Crippen LogP contribution is 2.27. The summed E-state index contributed by atoms with van der Waals surface area (Å²) in [7, 11) is 1.65. The number of aryl methyl sites for hydroxylation is 1. The van der Waals surface area contributed by atoms with Crippen molar-refractivity contribution in [1.82, 2.24) is 4.90 Å². The van der Waals surface area contributed by atoms with Crippen LogP contribution in [0.5, 0.6) is 5.75 Å². The van der Waals surface area contributed by atoms with Gasteiger partial charge in [-0.25, -0.2) is 0 Å². The Balaban J connectivity index is 1.55. The van der Waals surface area contributed by atoms with E-state index in [4.69, 9.17) is 16.3 Å². The van der Waals surface area contributed by atoms with Gasteiger partial charge in [0.1, 0.15) is 5.75 Å². The number of nitrogens with zero attached hydrogens (tertiary/aromatic N) is 2. The van der Waals surface area contributed by atoms with Gasteiger partial charge in [0, 0.05) is 42.5 Å². The van der Waals surface area contributed by atoms with E-state index in [2.05, 4.69) is 11.8 Å². The zero-order valence-electron chi connectivity index (χ0n) is 18.4. The molecule has 3 aromatic carbocycles. The maximum Gasteiger partial charge on any atom is 0.254 e. The molecule has 3 aromatic rings. The van der Waals surface area contributed by atoms with E-state index in [0.29, 0.717) is 18.7 Å². The number of halogens is 1. The molecule has 0 bridgehead atoms. The molecule has 0 N–H and O–H groups in total. The van der Waals surface area contributed by atoms with Gasteiger partial charge in [-0.15, -0.1) is 0 Å². The molecule has 0 radical (unpaired) electrons. The fraction of sp³-hybridized carbons (Fsp3) is 0.222. The van der Waals surface area contributed by atoms with Crippen LogP contribution in [0.3, 0.4) is 0 Å².